The van der Waals surface area contributed by atoms with Gasteiger partial charge in [-0.2, -0.15) is 5.10 Å². The van der Waals surface area contributed by atoms with Gasteiger partial charge in [-0.25, -0.2) is 14.6 Å². The Morgan fingerprint density at radius 2 is 1.97 bits per heavy atom. The third-order valence-electron chi connectivity index (χ3n) is 5.08. The maximum absolute atomic E-state index is 12.5. The molecule has 0 unspecified atom stereocenters. The lowest BCUT2D eigenvalue weighted by atomic mass is 10.2. The molecule has 32 heavy (non-hydrogen) atoms. The maximum Gasteiger partial charge on any atom is 0.251 e. The largest absolute Gasteiger partial charge is 0.494 e. The third-order valence-corrected chi connectivity index (χ3v) is 5.81. The number of ether oxygens (including phenoxy) is 2. The summed E-state index contributed by atoms with van der Waals surface area (Å²) in [6.07, 6.45) is 1.81. The van der Waals surface area contributed by atoms with E-state index in [1.165, 1.54) is 0 Å². The van der Waals surface area contributed by atoms with Crippen molar-refractivity contribution in [2.45, 2.75) is 25.5 Å². The van der Waals surface area contributed by atoms with Crippen LogP contribution in [0.15, 0.2) is 35.6 Å². The van der Waals surface area contributed by atoms with Crippen LogP contribution in [0.3, 0.4) is 0 Å². The smallest absolute Gasteiger partial charge is 0.251 e. The number of aromatic nitrogens is 4. The Kier molecular flexibility index (Phi) is 7.43. The minimum atomic E-state index is -0.129. The second kappa shape index (κ2) is 10.6. The minimum absolute atomic E-state index is 0.129. The highest BCUT2D eigenvalue weighted by molar-refractivity contribution is 7.99. The topological polar surface area (TPSA) is 94.4 Å². The number of rotatable bonds is 9. The van der Waals surface area contributed by atoms with Crippen LogP contribution in [0.25, 0.3) is 11.0 Å². The lowest BCUT2D eigenvalue weighted by Gasteiger charge is -2.28. The van der Waals surface area contributed by atoms with E-state index in [9.17, 15) is 4.79 Å². The van der Waals surface area contributed by atoms with Crippen molar-refractivity contribution in [3.8, 4) is 5.75 Å². The van der Waals surface area contributed by atoms with Crippen molar-refractivity contribution in [3.63, 3.8) is 0 Å². The number of thioether (sulfide) groups is 1. The number of carbonyl (C=O) groups excluding carboxylic acids is 1. The Bertz CT molecular complexity index is 1050. The number of morpholine rings is 1. The minimum Gasteiger partial charge on any atom is -0.494 e. The summed E-state index contributed by atoms with van der Waals surface area (Å²) in [6, 6.07) is 7.13. The monoisotopic (exact) mass is 456 g/mol. The zero-order valence-corrected chi connectivity index (χ0v) is 19.2. The highest BCUT2D eigenvalue weighted by atomic mass is 32.2. The lowest BCUT2D eigenvalue weighted by molar-refractivity contribution is 0.0952. The van der Waals surface area contributed by atoms with Crippen LogP contribution >= 0.6 is 11.8 Å². The van der Waals surface area contributed by atoms with E-state index in [0.717, 1.165) is 46.6 Å². The van der Waals surface area contributed by atoms with Gasteiger partial charge in [0.15, 0.2) is 10.8 Å². The number of hydrogen-bond acceptors (Lipinski definition) is 8. The van der Waals surface area contributed by atoms with Gasteiger partial charge in [-0.15, -0.1) is 0 Å². The first-order chi connectivity index (χ1) is 15.7. The molecule has 0 bridgehead atoms. The molecule has 3 aromatic rings. The summed E-state index contributed by atoms with van der Waals surface area (Å²) in [7, 11) is 0. The van der Waals surface area contributed by atoms with Crippen LogP contribution < -0.4 is 15.0 Å². The molecule has 3 heterocycles. The predicted octanol–water partition coefficient (Wildman–Crippen LogP) is 2.60. The number of fused-ring (bicyclic) bond motifs is 1. The molecule has 1 aromatic carbocycles. The first-order valence-electron chi connectivity index (χ1n) is 10.9. The van der Waals surface area contributed by atoms with Crippen molar-refractivity contribution in [3.05, 3.63) is 36.0 Å². The zero-order chi connectivity index (χ0) is 22.3. The molecule has 0 spiro atoms. The van der Waals surface area contributed by atoms with Gasteiger partial charge in [0.25, 0.3) is 5.91 Å². The quantitative estimate of drug-likeness (QED) is 0.388. The summed E-state index contributed by atoms with van der Waals surface area (Å²) in [5.74, 6) is 2.42. The number of nitrogens with one attached hydrogen (secondary N) is 1. The van der Waals surface area contributed by atoms with E-state index in [4.69, 9.17) is 19.4 Å². The van der Waals surface area contributed by atoms with Gasteiger partial charge in [-0.1, -0.05) is 18.7 Å². The van der Waals surface area contributed by atoms with Crippen molar-refractivity contribution in [2.75, 3.05) is 50.1 Å². The Hall–Kier alpha value is -2.85. The normalized spacial score (nSPS) is 14.0. The van der Waals surface area contributed by atoms with Crippen molar-refractivity contribution < 1.29 is 14.3 Å². The van der Waals surface area contributed by atoms with Crippen LogP contribution in [0.5, 0.6) is 5.75 Å². The van der Waals surface area contributed by atoms with E-state index in [1.807, 2.05) is 17.8 Å². The van der Waals surface area contributed by atoms with E-state index in [-0.39, 0.29) is 5.91 Å². The van der Waals surface area contributed by atoms with E-state index in [1.54, 1.807) is 36.0 Å². The van der Waals surface area contributed by atoms with Gasteiger partial charge >= 0.3 is 0 Å². The van der Waals surface area contributed by atoms with Crippen LogP contribution in [0.2, 0.25) is 0 Å². The highest BCUT2D eigenvalue weighted by Gasteiger charge is 2.20. The SMILES string of the molecule is CCOc1ccc(C(=O)NCCn2ncc3c(N4CCOCC4)nc(SCC)nc32)cc1. The summed E-state index contributed by atoms with van der Waals surface area (Å²) in [5.41, 5.74) is 1.38. The van der Waals surface area contributed by atoms with Crippen LogP contribution in [-0.4, -0.2) is 70.9 Å². The number of hydrogen-bond donors (Lipinski definition) is 1. The van der Waals surface area contributed by atoms with Crippen LogP contribution in [0, 0.1) is 0 Å². The van der Waals surface area contributed by atoms with E-state index in [2.05, 4.69) is 22.2 Å². The van der Waals surface area contributed by atoms with Crippen molar-refractivity contribution in [1.82, 2.24) is 25.1 Å². The summed E-state index contributed by atoms with van der Waals surface area (Å²) in [4.78, 5) is 24.2. The van der Waals surface area contributed by atoms with Crippen LogP contribution in [0.1, 0.15) is 24.2 Å². The lowest BCUT2D eigenvalue weighted by Crippen LogP contribution is -2.37. The Balaban J connectivity index is 1.46. The molecule has 0 saturated carbocycles. The van der Waals surface area contributed by atoms with Gasteiger partial charge in [0.05, 0.1) is 37.9 Å². The standard InChI is InChI=1S/C22H28N6O3S/c1-3-31-17-7-5-16(6-8-17)21(29)23-9-10-28-20-18(15-24-28)19(25-22(26-20)32-4-2)27-11-13-30-14-12-27/h5-8,15H,3-4,9-14H2,1-2H3,(H,23,29). The van der Waals surface area contributed by atoms with Crippen molar-refractivity contribution in [2.24, 2.45) is 0 Å². The van der Waals surface area contributed by atoms with E-state index < -0.39 is 0 Å². The summed E-state index contributed by atoms with van der Waals surface area (Å²) in [6.45, 7) is 8.54. The average Bonchev–Trinajstić information content (AvgIpc) is 3.23. The molecule has 0 atom stereocenters. The third kappa shape index (κ3) is 5.13. The average molecular weight is 457 g/mol. The predicted molar refractivity (Wildman–Crippen MR) is 125 cm³/mol. The summed E-state index contributed by atoms with van der Waals surface area (Å²) >= 11 is 1.61. The number of nitrogens with zero attached hydrogens (tertiary/aromatic N) is 5. The number of amides is 1. The van der Waals surface area contributed by atoms with Gasteiger partial charge in [0.1, 0.15) is 11.6 Å². The molecule has 2 aromatic heterocycles. The molecule has 9 nitrogen and oxygen atoms in total. The fourth-order valence-electron chi connectivity index (χ4n) is 3.54. The zero-order valence-electron chi connectivity index (χ0n) is 18.4. The molecule has 4 rings (SSSR count). The fraction of sp³-hybridized carbons (Fsp3) is 0.455. The second-order valence-corrected chi connectivity index (χ2v) is 8.41. The molecule has 10 heteroatoms. The van der Waals surface area contributed by atoms with Gasteiger partial charge in [0, 0.05) is 25.2 Å². The molecule has 1 aliphatic heterocycles. The number of carbonyl (C=O) groups is 1. The molecular formula is C22H28N6O3S. The van der Waals surface area contributed by atoms with Gasteiger partial charge < -0.3 is 19.7 Å². The molecule has 1 N–H and O–H groups in total. The van der Waals surface area contributed by atoms with E-state index in [0.29, 0.717) is 38.5 Å². The molecule has 1 amide bonds. The molecule has 0 radical (unpaired) electrons. The second-order valence-electron chi connectivity index (χ2n) is 7.18. The maximum atomic E-state index is 12.5. The summed E-state index contributed by atoms with van der Waals surface area (Å²) < 4.78 is 12.7. The number of anilines is 1. The summed E-state index contributed by atoms with van der Waals surface area (Å²) in [5, 5.41) is 9.15. The van der Waals surface area contributed by atoms with Crippen LogP contribution in [0.4, 0.5) is 5.82 Å². The van der Waals surface area contributed by atoms with Crippen molar-refractivity contribution >= 4 is 34.5 Å². The number of benzene rings is 1. The first kappa shape index (κ1) is 22.3. The first-order valence-corrected chi connectivity index (χ1v) is 11.9. The van der Waals surface area contributed by atoms with Gasteiger partial charge in [-0.05, 0) is 36.9 Å². The Morgan fingerprint density at radius 3 is 2.69 bits per heavy atom. The molecule has 1 saturated heterocycles. The van der Waals surface area contributed by atoms with Gasteiger partial charge in [-0.3, -0.25) is 4.79 Å². The molecule has 0 aliphatic carbocycles. The Morgan fingerprint density at radius 1 is 1.19 bits per heavy atom. The Labute approximate surface area is 191 Å². The fourth-order valence-corrected chi connectivity index (χ4v) is 4.10. The van der Waals surface area contributed by atoms with Crippen LogP contribution in [-0.2, 0) is 11.3 Å². The highest BCUT2D eigenvalue weighted by Crippen LogP contribution is 2.27. The van der Waals surface area contributed by atoms with Gasteiger partial charge in [0.2, 0.25) is 0 Å². The van der Waals surface area contributed by atoms with E-state index >= 15 is 0 Å². The molecule has 170 valence electrons. The molecular weight excluding hydrogens is 428 g/mol. The molecule has 1 aliphatic rings. The van der Waals surface area contributed by atoms with Crippen molar-refractivity contribution in [1.29, 1.82) is 0 Å². The molecule has 1 fully saturated rings.